The summed E-state index contributed by atoms with van der Waals surface area (Å²) in [7, 11) is 0. The topological polar surface area (TPSA) is 33.5 Å². The van der Waals surface area contributed by atoms with Gasteiger partial charge in [-0.05, 0) is 30.2 Å². The number of fused-ring (bicyclic) bond motifs is 1. The Morgan fingerprint density at radius 1 is 1.33 bits per heavy atom. The first-order chi connectivity index (χ1) is 8.65. The molecule has 0 N–H and O–H groups in total. The van der Waals surface area contributed by atoms with Crippen molar-refractivity contribution in [2.75, 3.05) is 11.4 Å². The Balaban J connectivity index is 2.00. The quantitative estimate of drug-likeness (QED) is 0.761. The monoisotopic (exact) mass is 245 g/mol. The first kappa shape index (κ1) is 11.0. The summed E-state index contributed by atoms with van der Waals surface area (Å²) in [5.41, 5.74) is 1.91. The van der Waals surface area contributed by atoms with Crippen molar-refractivity contribution in [1.29, 1.82) is 0 Å². The average Bonchev–Trinajstić information content (AvgIpc) is 2.93. The fourth-order valence-electron chi connectivity index (χ4n) is 2.24. The van der Waals surface area contributed by atoms with E-state index in [0.29, 0.717) is 11.6 Å². The molecule has 0 saturated carbocycles. The van der Waals surface area contributed by atoms with Gasteiger partial charge in [0.05, 0.1) is 0 Å². The molecule has 3 rings (SSSR count). The first-order valence-electron chi connectivity index (χ1n) is 5.82. The number of ketones is 1. The van der Waals surface area contributed by atoms with Gasteiger partial charge in [0.1, 0.15) is 5.82 Å². The summed E-state index contributed by atoms with van der Waals surface area (Å²) in [4.78, 5) is 13.1. The molecule has 4 heteroatoms. The molecule has 0 atom stereocenters. The lowest BCUT2D eigenvalue weighted by Gasteiger charge is -2.15. The van der Waals surface area contributed by atoms with E-state index in [2.05, 4.69) is 0 Å². The van der Waals surface area contributed by atoms with Gasteiger partial charge in [-0.25, -0.2) is 4.39 Å². The van der Waals surface area contributed by atoms with Gasteiger partial charge in [-0.3, -0.25) is 4.79 Å². The molecule has 1 aromatic carbocycles. The summed E-state index contributed by atoms with van der Waals surface area (Å²) < 4.78 is 18.8. The molecule has 0 radical (unpaired) electrons. The standard InChI is InChI=1S/C14H12FNO2/c1-9(17)13-4-5-14(18-13)16-7-6-10-2-3-11(15)8-12(10)16/h2-5,8H,6-7H2,1H3. The van der Waals surface area contributed by atoms with Gasteiger partial charge >= 0.3 is 0 Å². The Morgan fingerprint density at radius 3 is 2.89 bits per heavy atom. The second kappa shape index (κ2) is 3.98. The van der Waals surface area contributed by atoms with Crippen LogP contribution >= 0.6 is 0 Å². The zero-order valence-electron chi connectivity index (χ0n) is 9.94. The molecule has 3 nitrogen and oxygen atoms in total. The molecule has 18 heavy (non-hydrogen) atoms. The predicted molar refractivity (Wildman–Crippen MR) is 65.8 cm³/mol. The van der Waals surface area contributed by atoms with E-state index in [1.165, 1.54) is 19.1 Å². The normalized spacial score (nSPS) is 13.8. The fourth-order valence-corrected chi connectivity index (χ4v) is 2.24. The van der Waals surface area contributed by atoms with Gasteiger partial charge in [0.15, 0.2) is 11.5 Å². The average molecular weight is 245 g/mol. The van der Waals surface area contributed by atoms with Gasteiger partial charge in [0, 0.05) is 25.2 Å². The van der Waals surface area contributed by atoms with E-state index < -0.39 is 0 Å². The number of anilines is 2. The molecular weight excluding hydrogens is 233 g/mol. The molecule has 0 spiro atoms. The van der Waals surface area contributed by atoms with Crippen LogP contribution in [-0.2, 0) is 6.42 Å². The number of carbonyl (C=O) groups is 1. The van der Waals surface area contributed by atoms with Crippen LogP contribution in [0, 0.1) is 5.82 Å². The van der Waals surface area contributed by atoms with E-state index >= 15 is 0 Å². The highest BCUT2D eigenvalue weighted by Crippen LogP contribution is 2.35. The number of rotatable bonds is 2. The van der Waals surface area contributed by atoms with Crippen molar-refractivity contribution < 1.29 is 13.6 Å². The van der Waals surface area contributed by atoms with Gasteiger partial charge in [-0.1, -0.05) is 6.07 Å². The molecule has 0 saturated heterocycles. The molecule has 1 aromatic heterocycles. The maximum absolute atomic E-state index is 13.3. The van der Waals surface area contributed by atoms with E-state index in [1.807, 2.05) is 4.90 Å². The van der Waals surface area contributed by atoms with Crippen LogP contribution in [0.3, 0.4) is 0 Å². The number of carbonyl (C=O) groups excluding carboxylic acids is 1. The maximum atomic E-state index is 13.3. The number of benzene rings is 1. The van der Waals surface area contributed by atoms with Crippen LogP contribution in [0.15, 0.2) is 34.7 Å². The Morgan fingerprint density at radius 2 is 2.17 bits per heavy atom. The van der Waals surface area contributed by atoms with Crippen LogP contribution in [0.25, 0.3) is 0 Å². The highest BCUT2D eigenvalue weighted by molar-refractivity contribution is 5.91. The van der Waals surface area contributed by atoms with Gasteiger partial charge < -0.3 is 9.32 Å². The summed E-state index contributed by atoms with van der Waals surface area (Å²) in [5.74, 6) is 0.540. The van der Waals surface area contributed by atoms with Crippen molar-refractivity contribution in [3.63, 3.8) is 0 Å². The van der Waals surface area contributed by atoms with Crippen molar-refractivity contribution in [3.8, 4) is 0 Å². The molecule has 0 amide bonds. The minimum absolute atomic E-state index is 0.111. The van der Waals surface area contributed by atoms with Gasteiger partial charge in [0.2, 0.25) is 5.88 Å². The van der Waals surface area contributed by atoms with Crippen molar-refractivity contribution >= 4 is 17.4 Å². The second-order valence-corrected chi connectivity index (χ2v) is 4.37. The van der Waals surface area contributed by atoms with Crippen LogP contribution in [0.5, 0.6) is 0 Å². The summed E-state index contributed by atoms with van der Waals surface area (Å²) in [5, 5.41) is 0. The van der Waals surface area contributed by atoms with Crippen molar-refractivity contribution in [2.45, 2.75) is 13.3 Å². The van der Waals surface area contributed by atoms with Crippen molar-refractivity contribution in [3.05, 3.63) is 47.5 Å². The van der Waals surface area contributed by atoms with Crippen LogP contribution < -0.4 is 4.90 Å². The lowest BCUT2D eigenvalue weighted by molar-refractivity contribution is 0.0988. The molecule has 0 unspecified atom stereocenters. The molecule has 1 aliphatic rings. The van der Waals surface area contributed by atoms with Crippen LogP contribution in [-0.4, -0.2) is 12.3 Å². The van der Waals surface area contributed by atoms with Crippen molar-refractivity contribution in [1.82, 2.24) is 0 Å². The summed E-state index contributed by atoms with van der Waals surface area (Å²) in [6.45, 7) is 2.20. The van der Waals surface area contributed by atoms with E-state index in [1.54, 1.807) is 18.2 Å². The number of furan rings is 1. The number of hydrogen-bond acceptors (Lipinski definition) is 3. The minimum atomic E-state index is -0.265. The molecule has 0 fully saturated rings. The molecule has 2 heterocycles. The Bertz CT molecular complexity index is 618. The largest absolute Gasteiger partial charge is 0.437 e. The predicted octanol–water partition coefficient (Wildman–Crippen LogP) is 3.32. The lowest BCUT2D eigenvalue weighted by Crippen LogP contribution is -2.12. The van der Waals surface area contributed by atoms with Gasteiger partial charge in [0.25, 0.3) is 0 Å². The van der Waals surface area contributed by atoms with E-state index in [-0.39, 0.29) is 11.6 Å². The molecule has 92 valence electrons. The maximum Gasteiger partial charge on any atom is 0.200 e. The van der Waals surface area contributed by atoms with Crippen LogP contribution in [0.1, 0.15) is 23.0 Å². The highest BCUT2D eigenvalue weighted by Gasteiger charge is 2.23. The van der Waals surface area contributed by atoms with Crippen molar-refractivity contribution in [2.24, 2.45) is 0 Å². The molecule has 0 bridgehead atoms. The molecule has 0 aliphatic carbocycles. The highest BCUT2D eigenvalue weighted by atomic mass is 19.1. The SMILES string of the molecule is CC(=O)c1ccc(N2CCc3ccc(F)cc32)o1. The second-order valence-electron chi connectivity index (χ2n) is 4.37. The Labute approximate surface area is 104 Å². The van der Waals surface area contributed by atoms with E-state index in [4.69, 9.17) is 4.42 Å². The van der Waals surface area contributed by atoms with Gasteiger partial charge in [-0.15, -0.1) is 0 Å². The van der Waals surface area contributed by atoms with Gasteiger partial charge in [-0.2, -0.15) is 0 Å². The number of Topliss-reactive ketones (excluding diaryl/α,β-unsaturated/α-hetero) is 1. The van der Waals surface area contributed by atoms with E-state index in [9.17, 15) is 9.18 Å². The van der Waals surface area contributed by atoms with Crippen LogP contribution in [0.2, 0.25) is 0 Å². The van der Waals surface area contributed by atoms with Crippen LogP contribution in [0.4, 0.5) is 16.0 Å². The molecule has 2 aromatic rings. The summed E-state index contributed by atoms with van der Waals surface area (Å²) >= 11 is 0. The number of halogens is 1. The lowest BCUT2D eigenvalue weighted by atomic mass is 10.2. The third-order valence-electron chi connectivity index (χ3n) is 3.15. The summed E-state index contributed by atoms with van der Waals surface area (Å²) in [6.07, 6.45) is 0.853. The smallest absolute Gasteiger partial charge is 0.200 e. The molecular formula is C14H12FNO2. The van der Waals surface area contributed by atoms with E-state index in [0.717, 1.165) is 24.2 Å². The minimum Gasteiger partial charge on any atom is -0.437 e. The zero-order valence-corrected chi connectivity index (χ0v) is 9.94. The Hall–Kier alpha value is -2.10. The molecule has 1 aliphatic heterocycles. The third kappa shape index (κ3) is 1.70. The Kier molecular flexibility index (Phi) is 2.44. The first-order valence-corrected chi connectivity index (χ1v) is 5.82. The number of hydrogen-bond donors (Lipinski definition) is 0. The number of nitrogens with zero attached hydrogens (tertiary/aromatic N) is 1. The third-order valence-corrected chi connectivity index (χ3v) is 3.15. The summed E-state index contributed by atoms with van der Waals surface area (Å²) in [6, 6.07) is 8.15. The fraction of sp³-hybridized carbons (Fsp3) is 0.214. The zero-order chi connectivity index (χ0) is 12.7.